The van der Waals surface area contributed by atoms with Crippen LogP contribution in [0.25, 0.3) is 0 Å². The fraction of sp³-hybridized carbons (Fsp3) is 0.733. The zero-order valence-corrected chi connectivity index (χ0v) is 13.1. The molecule has 1 saturated carbocycles. The van der Waals surface area contributed by atoms with Crippen LogP contribution in [0.1, 0.15) is 68.6 Å². The van der Waals surface area contributed by atoms with Crippen molar-refractivity contribution in [2.75, 3.05) is 12.3 Å². The van der Waals surface area contributed by atoms with Gasteiger partial charge in [-0.15, -0.1) is 0 Å². The molecule has 1 fully saturated rings. The van der Waals surface area contributed by atoms with E-state index >= 15 is 0 Å². The lowest BCUT2D eigenvalue weighted by atomic mass is 9.79. The normalized spacial score (nSPS) is 26.0. The molecule has 1 aliphatic carbocycles. The van der Waals surface area contributed by atoms with Crippen LogP contribution in [0.15, 0.2) is 0 Å². The van der Waals surface area contributed by atoms with Crippen molar-refractivity contribution in [3.05, 3.63) is 11.4 Å². The van der Waals surface area contributed by atoms with Crippen molar-refractivity contribution >= 4 is 11.6 Å². The molecule has 5 N–H and O–H groups in total. The molecule has 1 aromatic rings. The van der Waals surface area contributed by atoms with Crippen LogP contribution in [0.3, 0.4) is 0 Å². The van der Waals surface area contributed by atoms with Gasteiger partial charge in [-0.2, -0.15) is 5.10 Å². The van der Waals surface area contributed by atoms with Crippen LogP contribution in [0.5, 0.6) is 0 Å². The number of carbonyl (C=O) groups excluding carboxylic acids is 1. The Morgan fingerprint density at radius 2 is 2.33 bits per heavy atom. The summed E-state index contributed by atoms with van der Waals surface area (Å²) in [6.07, 6.45) is 3.58. The second-order valence-corrected chi connectivity index (χ2v) is 6.66. The molecule has 0 aromatic carbocycles. The molecule has 0 saturated heterocycles. The number of nitrogens with zero attached hydrogens (tertiary/aromatic N) is 1. The van der Waals surface area contributed by atoms with Gasteiger partial charge in [-0.3, -0.25) is 9.89 Å². The van der Waals surface area contributed by atoms with Crippen molar-refractivity contribution in [2.45, 2.75) is 58.0 Å². The molecule has 0 radical (unpaired) electrons. The standard InChI is InChI=1S/C15H26N4O2/c1-9(2)12-11(16)13(19-18-12)14(20)17-8-15(21)6-4-5-10(3)7-15/h9-10,21H,4-8,16H2,1-3H3,(H,17,20)(H,18,19). The monoisotopic (exact) mass is 294 g/mol. The minimum atomic E-state index is -0.806. The van der Waals surface area contributed by atoms with Crippen LogP contribution in [0.2, 0.25) is 0 Å². The number of aliphatic hydroxyl groups is 1. The lowest BCUT2D eigenvalue weighted by Crippen LogP contribution is -2.46. The summed E-state index contributed by atoms with van der Waals surface area (Å²) < 4.78 is 0. The molecule has 6 nitrogen and oxygen atoms in total. The third-order valence-corrected chi connectivity index (χ3v) is 4.27. The Kier molecular flexibility index (Phi) is 4.56. The number of H-pyrrole nitrogens is 1. The van der Waals surface area contributed by atoms with Crippen LogP contribution in [-0.4, -0.2) is 33.4 Å². The maximum Gasteiger partial charge on any atom is 0.274 e. The van der Waals surface area contributed by atoms with Crippen LogP contribution >= 0.6 is 0 Å². The van der Waals surface area contributed by atoms with Gasteiger partial charge in [0.1, 0.15) is 0 Å². The highest BCUT2D eigenvalue weighted by Gasteiger charge is 2.33. The van der Waals surface area contributed by atoms with Crippen LogP contribution in [0.4, 0.5) is 5.69 Å². The van der Waals surface area contributed by atoms with E-state index in [0.717, 1.165) is 31.4 Å². The van der Waals surface area contributed by atoms with Gasteiger partial charge >= 0.3 is 0 Å². The SMILES string of the molecule is CC1CCCC(O)(CNC(=O)c2n[nH]c(C(C)C)c2N)C1. The summed E-state index contributed by atoms with van der Waals surface area (Å²) in [5.74, 6) is 0.341. The third kappa shape index (κ3) is 3.56. The number of nitrogens with one attached hydrogen (secondary N) is 2. The fourth-order valence-corrected chi connectivity index (χ4v) is 3.10. The van der Waals surface area contributed by atoms with Gasteiger partial charge in [-0.25, -0.2) is 0 Å². The fourth-order valence-electron chi connectivity index (χ4n) is 3.10. The second-order valence-electron chi connectivity index (χ2n) is 6.66. The summed E-state index contributed by atoms with van der Waals surface area (Å²) >= 11 is 0. The van der Waals surface area contributed by atoms with Crippen LogP contribution < -0.4 is 11.1 Å². The number of nitrogen functional groups attached to an aromatic ring is 1. The summed E-state index contributed by atoms with van der Waals surface area (Å²) in [6.45, 7) is 6.35. The second kappa shape index (κ2) is 6.05. The van der Waals surface area contributed by atoms with Gasteiger partial charge in [-0.1, -0.05) is 33.6 Å². The highest BCUT2D eigenvalue weighted by atomic mass is 16.3. The zero-order chi connectivity index (χ0) is 15.6. The van der Waals surface area contributed by atoms with Crippen molar-refractivity contribution in [3.63, 3.8) is 0 Å². The number of hydrogen-bond donors (Lipinski definition) is 4. The lowest BCUT2D eigenvalue weighted by molar-refractivity contribution is -0.0109. The minimum absolute atomic E-state index is 0.183. The number of anilines is 1. The topological polar surface area (TPSA) is 104 Å². The first-order valence-corrected chi connectivity index (χ1v) is 7.67. The molecular weight excluding hydrogens is 268 g/mol. The first kappa shape index (κ1) is 15.8. The maximum absolute atomic E-state index is 12.2. The molecule has 6 heteroatoms. The molecule has 1 amide bonds. The van der Waals surface area contributed by atoms with Crippen LogP contribution in [0, 0.1) is 5.92 Å². The number of aromatic nitrogens is 2. The van der Waals surface area contributed by atoms with Crippen molar-refractivity contribution in [1.29, 1.82) is 0 Å². The molecule has 2 unspecified atom stereocenters. The number of amides is 1. The summed E-state index contributed by atoms with van der Waals surface area (Å²) in [5.41, 5.74) is 6.52. The first-order valence-electron chi connectivity index (χ1n) is 7.67. The molecule has 1 heterocycles. The largest absolute Gasteiger partial charge is 0.395 e. The van der Waals surface area contributed by atoms with Gasteiger partial charge in [-0.05, 0) is 24.7 Å². The van der Waals surface area contributed by atoms with E-state index in [1.165, 1.54) is 0 Å². The highest BCUT2D eigenvalue weighted by Crippen LogP contribution is 2.31. The molecule has 2 atom stereocenters. The summed E-state index contributed by atoms with van der Waals surface area (Å²) in [5, 5.41) is 20.1. The zero-order valence-electron chi connectivity index (χ0n) is 13.1. The molecule has 2 rings (SSSR count). The predicted molar refractivity (Wildman–Crippen MR) is 82.0 cm³/mol. The third-order valence-electron chi connectivity index (χ3n) is 4.27. The van der Waals surface area contributed by atoms with E-state index in [9.17, 15) is 9.90 Å². The molecular formula is C15H26N4O2. The van der Waals surface area contributed by atoms with E-state index in [-0.39, 0.29) is 24.1 Å². The number of rotatable bonds is 4. The number of hydrogen-bond acceptors (Lipinski definition) is 4. The molecule has 0 spiro atoms. The van der Waals surface area contributed by atoms with E-state index in [4.69, 9.17) is 5.73 Å². The Balaban J connectivity index is 1.99. The molecule has 1 aromatic heterocycles. The van der Waals surface area contributed by atoms with E-state index in [2.05, 4.69) is 22.4 Å². The van der Waals surface area contributed by atoms with Gasteiger partial charge in [0.25, 0.3) is 5.91 Å². The van der Waals surface area contributed by atoms with Crippen molar-refractivity contribution < 1.29 is 9.90 Å². The van der Waals surface area contributed by atoms with Crippen LogP contribution in [-0.2, 0) is 0 Å². The summed E-state index contributed by atoms with van der Waals surface area (Å²) in [7, 11) is 0. The molecule has 0 bridgehead atoms. The lowest BCUT2D eigenvalue weighted by Gasteiger charge is -2.35. The van der Waals surface area contributed by atoms with E-state index in [1.54, 1.807) is 0 Å². The van der Waals surface area contributed by atoms with Crippen molar-refractivity contribution in [2.24, 2.45) is 5.92 Å². The summed E-state index contributed by atoms with van der Waals surface area (Å²) in [4.78, 5) is 12.2. The van der Waals surface area contributed by atoms with Gasteiger partial charge in [0.2, 0.25) is 0 Å². The maximum atomic E-state index is 12.2. The number of nitrogens with two attached hydrogens (primary N) is 1. The van der Waals surface area contributed by atoms with Crippen molar-refractivity contribution in [1.82, 2.24) is 15.5 Å². The summed E-state index contributed by atoms with van der Waals surface area (Å²) in [6, 6.07) is 0. The average molecular weight is 294 g/mol. The molecule has 21 heavy (non-hydrogen) atoms. The minimum Gasteiger partial charge on any atom is -0.395 e. The Hall–Kier alpha value is -1.56. The Labute approximate surface area is 125 Å². The number of aromatic amines is 1. The van der Waals surface area contributed by atoms with Gasteiger partial charge in [0.05, 0.1) is 17.0 Å². The first-order chi connectivity index (χ1) is 9.82. The smallest absolute Gasteiger partial charge is 0.274 e. The van der Waals surface area contributed by atoms with E-state index < -0.39 is 5.60 Å². The van der Waals surface area contributed by atoms with E-state index in [1.807, 2.05) is 13.8 Å². The quantitative estimate of drug-likeness (QED) is 0.679. The van der Waals surface area contributed by atoms with Gasteiger partial charge in [0.15, 0.2) is 5.69 Å². The Bertz CT molecular complexity index is 512. The molecule has 1 aliphatic rings. The Morgan fingerprint density at radius 3 is 2.90 bits per heavy atom. The number of carbonyl (C=O) groups is 1. The predicted octanol–water partition coefficient (Wildman–Crippen LogP) is 1.79. The Morgan fingerprint density at radius 1 is 1.62 bits per heavy atom. The van der Waals surface area contributed by atoms with E-state index in [0.29, 0.717) is 11.6 Å². The van der Waals surface area contributed by atoms with Crippen molar-refractivity contribution in [3.8, 4) is 0 Å². The van der Waals surface area contributed by atoms with Gasteiger partial charge in [0, 0.05) is 6.54 Å². The van der Waals surface area contributed by atoms with Gasteiger partial charge < -0.3 is 16.2 Å². The average Bonchev–Trinajstić information content (AvgIpc) is 2.78. The molecule has 118 valence electrons. The molecule has 0 aliphatic heterocycles. The highest BCUT2D eigenvalue weighted by molar-refractivity contribution is 5.97.